The minimum absolute atomic E-state index is 0.158. The Hall–Kier alpha value is -4.52. The molecule has 1 atom stereocenters. The summed E-state index contributed by atoms with van der Waals surface area (Å²) < 4.78 is 6.23. The zero-order valence-corrected chi connectivity index (χ0v) is 25.3. The number of methoxy groups -OCH3 is 1. The highest BCUT2D eigenvalue weighted by Crippen LogP contribution is 2.30. The van der Waals surface area contributed by atoms with Crippen LogP contribution in [0.3, 0.4) is 0 Å². The van der Waals surface area contributed by atoms with Gasteiger partial charge in [0.05, 0.1) is 36.0 Å². The van der Waals surface area contributed by atoms with Gasteiger partial charge in [0, 0.05) is 39.7 Å². The van der Waals surface area contributed by atoms with Gasteiger partial charge in [-0.1, -0.05) is 47.5 Å². The molecule has 1 amide bonds. The van der Waals surface area contributed by atoms with Crippen molar-refractivity contribution in [2.24, 2.45) is 0 Å². The molecule has 0 spiro atoms. The van der Waals surface area contributed by atoms with Gasteiger partial charge in [-0.2, -0.15) is 9.78 Å². The van der Waals surface area contributed by atoms with Crippen LogP contribution >= 0.6 is 34.5 Å². The number of ether oxygens (including phenoxy) is 1. The Morgan fingerprint density at radius 3 is 2.63 bits per heavy atom. The van der Waals surface area contributed by atoms with E-state index in [0.717, 1.165) is 21.8 Å². The van der Waals surface area contributed by atoms with E-state index in [1.165, 1.54) is 35.5 Å². The first-order chi connectivity index (χ1) is 20.8. The standard InChI is InChI=1S/C29H24Cl2N8O3S/c1-17-15-43-27(33-17)14-23(34-26(40)10-7-20-12-21(30)8-9-25(20)39-16-32-37-38-39)24-13-22(29(31)36-35-24)19-5-3-18(4-6-19)11-28(41)42-2/h3-10,12-13,15-16,23H,11,14H2,1-2H3,(H,34,40)/b10-7+/t23-/m0/s1. The summed E-state index contributed by atoms with van der Waals surface area (Å²) in [5.74, 6) is -0.697. The van der Waals surface area contributed by atoms with Crippen molar-refractivity contribution in [3.63, 3.8) is 0 Å². The van der Waals surface area contributed by atoms with E-state index in [9.17, 15) is 9.59 Å². The lowest BCUT2D eigenvalue weighted by Gasteiger charge is -2.17. The fraction of sp³-hybridized carbons (Fsp3) is 0.172. The molecule has 0 fully saturated rings. The third-order valence-electron chi connectivity index (χ3n) is 6.33. The van der Waals surface area contributed by atoms with Gasteiger partial charge in [0.1, 0.15) is 6.33 Å². The maximum absolute atomic E-state index is 13.2. The lowest BCUT2D eigenvalue weighted by molar-refractivity contribution is -0.139. The Bertz CT molecular complexity index is 1780. The SMILES string of the molecule is COC(=O)Cc1ccc(-c2cc([C@H](Cc3nc(C)cs3)NC(=O)/C=C/c3cc(Cl)ccc3-n3cnnn3)nnc2Cl)cc1. The predicted molar refractivity (Wildman–Crippen MR) is 163 cm³/mol. The number of rotatable bonds is 10. The second-order valence-corrected chi connectivity index (χ2v) is 11.1. The third kappa shape index (κ3) is 7.66. The summed E-state index contributed by atoms with van der Waals surface area (Å²) in [4.78, 5) is 29.5. The van der Waals surface area contributed by atoms with Crippen LogP contribution in [0.1, 0.15) is 33.6 Å². The molecule has 0 radical (unpaired) electrons. The Morgan fingerprint density at radius 2 is 1.93 bits per heavy atom. The molecule has 0 bridgehead atoms. The number of tetrazole rings is 1. The number of benzene rings is 2. The molecule has 0 saturated carbocycles. The average Bonchev–Trinajstić information content (AvgIpc) is 3.68. The maximum Gasteiger partial charge on any atom is 0.309 e. The predicted octanol–water partition coefficient (Wildman–Crippen LogP) is 5.02. The first-order valence-electron chi connectivity index (χ1n) is 12.9. The summed E-state index contributed by atoms with van der Waals surface area (Å²) in [5.41, 5.74) is 4.89. The van der Waals surface area contributed by atoms with Crippen molar-refractivity contribution in [3.05, 3.63) is 104 Å². The van der Waals surface area contributed by atoms with Crippen molar-refractivity contribution in [1.29, 1.82) is 0 Å². The number of aryl methyl sites for hydroxylation is 1. The lowest BCUT2D eigenvalue weighted by atomic mass is 10.0. The van der Waals surface area contributed by atoms with Gasteiger partial charge in [0.25, 0.3) is 0 Å². The van der Waals surface area contributed by atoms with Gasteiger partial charge in [-0.15, -0.1) is 21.5 Å². The maximum atomic E-state index is 13.2. The molecule has 0 aliphatic heterocycles. The van der Waals surface area contributed by atoms with Gasteiger partial charge < -0.3 is 10.1 Å². The number of esters is 1. The first kappa shape index (κ1) is 30.0. The highest BCUT2D eigenvalue weighted by molar-refractivity contribution is 7.09. The molecular weight excluding hydrogens is 611 g/mol. The summed E-state index contributed by atoms with van der Waals surface area (Å²) in [6, 6.07) is 13.8. The Morgan fingerprint density at radius 1 is 1.12 bits per heavy atom. The summed E-state index contributed by atoms with van der Waals surface area (Å²) in [6.07, 6.45) is 5.04. The number of nitrogens with one attached hydrogen (secondary N) is 1. The molecule has 3 aromatic heterocycles. The monoisotopic (exact) mass is 634 g/mol. The Kier molecular flexibility index (Phi) is 9.50. The number of nitrogens with zero attached hydrogens (tertiary/aromatic N) is 7. The molecule has 5 rings (SSSR count). The molecule has 43 heavy (non-hydrogen) atoms. The Labute approximate surface area is 260 Å². The van der Waals surface area contributed by atoms with Gasteiger partial charge in [0.15, 0.2) is 5.15 Å². The summed E-state index contributed by atoms with van der Waals surface area (Å²) in [7, 11) is 1.35. The number of carbonyl (C=O) groups excluding carboxylic acids is 2. The molecule has 5 aromatic rings. The lowest BCUT2D eigenvalue weighted by Crippen LogP contribution is -2.29. The first-order valence-corrected chi connectivity index (χ1v) is 14.5. The zero-order valence-electron chi connectivity index (χ0n) is 22.9. The van der Waals surface area contributed by atoms with Crippen LogP contribution in [0.5, 0.6) is 0 Å². The molecule has 11 nitrogen and oxygen atoms in total. The van der Waals surface area contributed by atoms with Crippen molar-refractivity contribution >= 4 is 52.5 Å². The average molecular weight is 636 g/mol. The second kappa shape index (κ2) is 13.6. The second-order valence-electron chi connectivity index (χ2n) is 9.36. The number of aromatic nitrogens is 7. The van der Waals surface area contributed by atoms with E-state index >= 15 is 0 Å². The highest BCUT2D eigenvalue weighted by Gasteiger charge is 2.21. The molecular formula is C29H24Cl2N8O3S. The van der Waals surface area contributed by atoms with Gasteiger partial charge >= 0.3 is 5.97 Å². The largest absolute Gasteiger partial charge is 0.469 e. The van der Waals surface area contributed by atoms with Crippen molar-refractivity contribution < 1.29 is 14.3 Å². The van der Waals surface area contributed by atoms with E-state index in [1.54, 1.807) is 30.3 Å². The molecule has 0 saturated heterocycles. The minimum atomic E-state index is -0.567. The van der Waals surface area contributed by atoms with Crippen LogP contribution in [0.4, 0.5) is 0 Å². The van der Waals surface area contributed by atoms with Gasteiger partial charge in [-0.25, -0.2) is 4.98 Å². The molecule has 3 heterocycles. The molecule has 14 heteroatoms. The smallest absolute Gasteiger partial charge is 0.309 e. The zero-order chi connectivity index (χ0) is 30.3. The van der Waals surface area contributed by atoms with Crippen LogP contribution in [-0.2, 0) is 27.2 Å². The van der Waals surface area contributed by atoms with E-state index in [-0.39, 0.29) is 23.5 Å². The molecule has 0 unspecified atom stereocenters. The van der Waals surface area contributed by atoms with Crippen LogP contribution in [0.2, 0.25) is 10.2 Å². The van der Waals surface area contributed by atoms with Gasteiger partial charge in [-0.3, -0.25) is 9.59 Å². The summed E-state index contributed by atoms with van der Waals surface area (Å²) in [5, 5.41) is 26.3. The minimum Gasteiger partial charge on any atom is -0.469 e. The van der Waals surface area contributed by atoms with E-state index in [0.29, 0.717) is 34.0 Å². The Balaban J connectivity index is 1.42. The normalized spacial score (nSPS) is 11.9. The molecule has 1 N–H and O–H groups in total. The van der Waals surface area contributed by atoms with Crippen molar-refractivity contribution in [2.45, 2.75) is 25.8 Å². The van der Waals surface area contributed by atoms with Crippen molar-refractivity contribution in [3.8, 4) is 16.8 Å². The van der Waals surface area contributed by atoms with E-state index in [4.69, 9.17) is 27.9 Å². The third-order valence-corrected chi connectivity index (χ3v) is 7.83. The topological polar surface area (TPSA) is 138 Å². The van der Waals surface area contributed by atoms with E-state index in [1.807, 2.05) is 36.6 Å². The number of hydrogen-bond acceptors (Lipinski definition) is 10. The number of carbonyl (C=O) groups is 2. The number of hydrogen-bond donors (Lipinski definition) is 1. The van der Waals surface area contributed by atoms with E-state index in [2.05, 4.69) is 36.0 Å². The van der Waals surface area contributed by atoms with Crippen LogP contribution in [0.25, 0.3) is 22.9 Å². The molecule has 0 aliphatic carbocycles. The molecule has 0 aliphatic rings. The number of thiazole rings is 1. The fourth-order valence-electron chi connectivity index (χ4n) is 4.23. The van der Waals surface area contributed by atoms with Crippen LogP contribution in [-0.4, -0.2) is 54.4 Å². The highest BCUT2D eigenvalue weighted by atomic mass is 35.5. The summed E-state index contributed by atoms with van der Waals surface area (Å²) >= 11 is 14.2. The van der Waals surface area contributed by atoms with Crippen LogP contribution < -0.4 is 5.32 Å². The number of amides is 1. The van der Waals surface area contributed by atoms with Crippen molar-refractivity contribution in [1.82, 2.24) is 40.7 Å². The molecule has 218 valence electrons. The molecule has 2 aromatic carbocycles. The fourth-order valence-corrected chi connectivity index (χ4v) is 5.43. The van der Waals surface area contributed by atoms with Gasteiger partial charge in [-0.05, 0) is 58.8 Å². The quantitative estimate of drug-likeness (QED) is 0.166. The summed E-state index contributed by atoms with van der Waals surface area (Å²) in [6.45, 7) is 1.91. The number of halogens is 2. The van der Waals surface area contributed by atoms with Crippen LogP contribution in [0, 0.1) is 6.92 Å². The van der Waals surface area contributed by atoms with Crippen molar-refractivity contribution in [2.75, 3.05) is 7.11 Å². The van der Waals surface area contributed by atoms with Gasteiger partial charge in [0.2, 0.25) is 5.91 Å². The van der Waals surface area contributed by atoms with Crippen LogP contribution in [0.15, 0.2) is 66.3 Å². The van der Waals surface area contributed by atoms with E-state index < -0.39 is 6.04 Å².